The number of anilines is 2. The smallest absolute Gasteiger partial charge is 0.269 e. The first kappa shape index (κ1) is 25.0. The number of nitrogens with one attached hydrogen (secondary N) is 2. The van der Waals surface area contributed by atoms with Crippen LogP contribution in [0, 0.1) is 10.1 Å². The molecular formula is C22H16N4O7S3. The molecule has 0 unspecified atom stereocenters. The van der Waals surface area contributed by atoms with Gasteiger partial charge in [-0.15, -0.1) is 0 Å². The number of hydrogen-bond acceptors (Lipinski definition) is 9. The fourth-order valence-electron chi connectivity index (χ4n) is 3.01. The average Bonchev–Trinajstić information content (AvgIpc) is 3.34. The van der Waals surface area contributed by atoms with Crippen LogP contribution in [0.25, 0.3) is 0 Å². The molecule has 0 aliphatic carbocycles. The van der Waals surface area contributed by atoms with Crippen LogP contribution in [0.3, 0.4) is 0 Å². The van der Waals surface area contributed by atoms with Crippen molar-refractivity contribution in [2.45, 2.75) is 14.0 Å². The van der Waals surface area contributed by atoms with Crippen molar-refractivity contribution in [2.24, 2.45) is 0 Å². The van der Waals surface area contributed by atoms with Crippen molar-refractivity contribution in [3.63, 3.8) is 0 Å². The van der Waals surface area contributed by atoms with Gasteiger partial charge in [0.05, 0.1) is 20.9 Å². The van der Waals surface area contributed by atoms with E-state index < -0.39 is 30.7 Å². The molecule has 3 aromatic carbocycles. The first-order chi connectivity index (χ1) is 17.1. The van der Waals surface area contributed by atoms with Crippen molar-refractivity contribution in [3.05, 3.63) is 101 Å². The maximum Gasteiger partial charge on any atom is 0.269 e. The molecule has 0 aliphatic heterocycles. The standard InChI is InChI=1S/C22H16N4O7S3/c27-21(15-5-4-6-16(13-15)25-36(32,33)19-7-2-1-3-8-19)24-22-23-14-20(34-22)35(30,31)18-11-9-17(10-12-18)26(28)29/h1-14,25H,(H,23,24,27). The minimum atomic E-state index is -4.01. The molecule has 0 fully saturated rings. The number of non-ortho nitro benzene ring substituents is 1. The van der Waals surface area contributed by atoms with Crippen molar-refractivity contribution >= 4 is 53.6 Å². The van der Waals surface area contributed by atoms with Gasteiger partial charge in [0, 0.05) is 23.4 Å². The monoisotopic (exact) mass is 544 g/mol. The number of sulfone groups is 1. The second kappa shape index (κ2) is 9.85. The van der Waals surface area contributed by atoms with E-state index in [2.05, 4.69) is 15.0 Å². The van der Waals surface area contributed by atoms with E-state index in [0.29, 0.717) is 11.3 Å². The lowest BCUT2D eigenvalue weighted by atomic mass is 10.2. The number of carbonyl (C=O) groups excluding carboxylic acids is 1. The van der Waals surface area contributed by atoms with Crippen LogP contribution in [-0.4, -0.2) is 32.7 Å². The van der Waals surface area contributed by atoms with Crippen molar-refractivity contribution in [3.8, 4) is 0 Å². The summed E-state index contributed by atoms with van der Waals surface area (Å²) in [6.45, 7) is 0. The number of sulfonamides is 1. The lowest BCUT2D eigenvalue weighted by Gasteiger charge is -2.09. The number of nitro groups is 1. The molecule has 1 amide bonds. The molecule has 0 saturated heterocycles. The topological polar surface area (TPSA) is 165 Å². The second-order valence-electron chi connectivity index (χ2n) is 7.19. The molecule has 0 spiro atoms. The van der Waals surface area contributed by atoms with Gasteiger partial charge in [-0.25, -0.2) is 21.8 Å². The van der Waals surface area contributed by atoms with Crippen molar-refractivity contribution in [2.75, 3.05) is 10.0 Å². The lowest BCUT2D eigenvalue weighted by Crippen LogP contribution is -2.15. The summed E-state index contributed by atoms with van der Waals surface area (Å²) in [6.07, 6.45) is 1.07. The molecule has 0 saturated carbocycles. The Kier molecular flexibility index (Phi) is 6.83. The Labute approximate surface area is 209 Å². The molecule has 0 aliphatic rings. The van der Waals surface area contributed by atoms with Crippen molar-refractivity contribution in [1.82, 2.24) is 4.98 Å². The van der Waals surface area contributed by atoms with Gasteiger partial charge in [0.25, 0.3) is 21.6 Å². The zero-order valence-electron chi connectivity index (χ0n) is 18.1. The van der Waals surface area contributed by atoms with Crippen LogP contribution in [0.1, 0.15) is 10.4 Å². The third kappa shape index (κ3) is 5.40. The van der Waals surface area contributed by atoms with Gasteiger partial charge in [-0.1, -0.05) is 35.6 Å². The highest BCUT2D eigenvalue weighted by atomic mass is 32.2. The Balaban J connectivity index is 1.49. The summed E-state index contributed by atoms with van der Waals surface area (Å²) in [5.41, 5.74) is 0.0183. The van der Waals surface area contributed by atoms with Gasteiger partial charge in [-0.2, -0.15) is 0 Å². The first-order valence-corrected chi connectivity index (χ1v) is 13.8. The van der Waals surface area contributed by atoms with Crippen LogP contribution in [0.4, 0.5) is 16.5 Å². The predicted octanol–water partition coefficient (Wildman–Crippen LogP) is 3.94. The van der Waals surface area contributed by atoms with Gasteiger partial charge >= 0.3 is 0 Å². The number of thiazole rings is 1. The SMILES string of the molecule is O=C(Nc1ncc(S(=O)(=O)c2ccc([N+](=O)[O-])cc2)s1)c1cccc(NS(=O)(=O)c2ccccc2)c1. The van der Waals surface area contributed by atoms with E-state index >= 15 is 0 Å². The molecule has 1 heterocycles. The van der Waals surface area contributed by atoms with Gasteiger partial charge in [0.1, 0.15) is 4.21 Å². The Bertz CT molecular complexity index is 1650. The Morgan fingerprint density at radius 1 is 0.889 bits per heavy atom. The fourth-order valence-corrected chi connectivity index (χ4v) is 6.51. The highest BCUT2D eigenvalue weighted by Crippen LogP contribution is 2.30. The summed E-state index contributed by atoms with van der Waals surface area (Å²) < 4.78 is 52.9. The van der Waals surface area contributed by atoms with Gasteiger partial charge < -0.3 is 0 Å². The summed E-state index contributed by atoms with van der Waals surface area (Å²) in [4.78, 5) is 26.7. The largest absolute Gasteiger partial charge is 0.298 e. The molecular weight excluding hydrogens is 528 g/mol. The zero-order valence-corrected chi connectivity index (χ0v) is 20.5. The van der Waals surface area contributed by atoms with Crippen molar-refractivity contribution in [1.29, 1.82) is 0 Å². The maximum atomic E-state index is 12.8. The molecule has 36 heavy (non-hydrogen) atoms. The van der Waals surface area contributed by atoms with E-state index in [-0.39, 0.29) is 36.1 Å². The molecule has 0 bridgehead atoms. The van der Waals surface area contributed by atoms with Crippen molar-refractivity contribution < 1.29 is 26.6 Å². The molecule has 11 nitrogen and oxygen atoms in total. The Morgan fingerprint density at radius 3 is 2.25 bits per heavy atom. The van der Waals surface area contributed by atoms with E-state index in [0.717, 1.165) is 30.5 Å². The van der Waals surface area contributed by atoms with E-state index in [4.69, 9.17) is 0 Å². The number of carbonyl (C=O) groups is 1. The lowest BCUT2D eigenvalue weighted by molar-refractivity contribution is -0.384. The van der Waals surface area contributed by atoms with Gasteiger partial charge in [0.2, 0.25) is 9.84 Å². The highest BCUT2D eigenvalue weighted by molar-refractivity contribution is 7.93. The second-order valence-corrected chi connectivity index (χ2v) is 12.1. The molecule has 1 aromatic heterocycles. The number of aromatic nitrogens is 1. The van der Waals surface area contributed by atoms with Gasteiger partial charge in [-0.3, -0.25) is 24.9 Å². The third-order valence-corrected chi connectivity index (χ3v) is 9.30. The third-order valence-electron chi connectivity index (χ3n) is 4.76. The minimum absolute atomic E-state index is 0.00393. The summed E-state index contributed by atoms with van der Waals surface area (Å²) >= 11 is 0.703. The van der Waals surface area contributed by atoms with Crippen LogP contribution < -0.4 is 10.0 Å². The van der Waals surface area contributed by atoms with E-state index in [1.807, 2.05) is 0 Å². The summed E-state index contributed by atoms with van der Waals surface area (Å²) in [6, 6.07) is 17.9. The van der Waals surface area contributed by atoms with Gasteiger partial charge in [-0.05, 0) is 42.5 Å². The molecule has 14 heteroatoms. The normalized spacial score (nSPS) is 11.6. The highest BCUT2D eigenvalue weighted by Gasteiger charge is 2.23. The average molecular weight is 545 g/mol. The number of benzene rings is 3. The maximum absolute atomic E-state index is 12.8. The summed E-state index contributed by atoms with van der Waals surface area (Å²) in [5.74, 6) is -0.635. The van der Waals surface area contributed by atoms with Crippen LogP contribution in [0.2, 0.25) is 0 Å². The van der Waals surface area contributed by atoms with Crippen LogP contribution >= 0.6 is 11.3 Å². The molecule has 4 rings (SSSR count). The number of amides is 1. The number of nitrogens with zero attached hydrogens (tertiary/aromatic N) is 2. The zero-order chi connectivity index (χ0) is 25.9. The summed E-state index contributed by atoms with van der Waals surface area (Å²) in [7, 11) is -7.87. The van der Waals surface area contributed by atoms with E-state index in [1.54, 1.807) is 18.2 Å². The summed E-state index contributed by atoms with van der Waals surface area (Å²) in [5, 5.41) is 13.3. The number of rotatable bonds is 8. The molecule has 0 atom stereocenters. The number of nitro benzene ring substituents is 1. The van der Waals surface area contributed by atoms with Crippen LogP contribution in [0.5, 0.6) is 0 Å². The Hall–Kier alpha value is -4.14. The van der Waals surface area contributed by atoms with E-state index in [1.165, 1.54) is 36.4 Å². The van der Waals surface area contributed by atoms with Crippen LogP contribution in [0.15, 0.2) is 99.1 Å². The predicted molar refractivity (Wildman–Crippen MR) is 132 cm³/mol. The Morgan fingerprint density at radius 2 is 1.58 bits per heavy atom. The minimum Gasteiger partial charge on any atom is -0.298 e. The molecule has 4 aromatic rings. The molecule has 184 valence electrons. The first-order valence-electron chi connectivity index (χ1n) is 10.0. The van der Waals surface area contributed by atoms with Crippen LogP contribution in [-0.2, 0) is 19.9 Å². The molecule has 2 N–H and O–H groups in total. The number of hydrogen-bond donors (Lipinski definition) is 2. The van der Waals surface area contributed by atoms with Gasteiger partial charge in [0.15, 0.2) is 5.13 Å². The molecule has 0 radical (unpaired) electrons. The van der Waals surface area contributed by atoms with E-state index in [9.17, 15) is 31.7 Å². The fraction of sp³-hybridized carbons (Fsp3) is 0. The quantitative estimate of drug-likeness (QED) is 0.249.